The number of piperazine rings is 1. The molecule has 8 nitrogen and oxygen atoms in total. The number of benzene rings is 2. The minimum Gasteiger partial charge on any atom is -0.369 e. The molecule has 2 aromatic carbocycles. The van der Waals surface area contributed by atoms with E-state index >= 15 is 0 Å². The van der Waals surface area contributed by atoms with Crippen LogP contribution in [0, 0.1) is 5.92 Å². The van der Waals surface area contributed by atoms with Crippen molar-refractivity contribution in [2.75, 3.05) is 37.6 Å². The molecule has 0 radical (unpaired) electrons. The topological polar surface area (TPSA) is 98.2 Å². The van der Waals surface area contributed by atoms with Crippen molar-refractivity contribution in [3.8, 4) is 0 Å². The molecular weight excluding hydrogens is 462 g/mol. The summed E-state index contributed by atoms with van der Waals surface area (Å²) in [6.07, 6.45) is 0. The molecule has 1 N–H and O–H groups in total. The average Bonchev–Trinajstić information content (AvgIpc) is 2.77. The van der Waals surface area contributed by atoms with Gasteiger partial charge in [0.25, 0.3) is 0 Å². The maximum atomic E-state index is 13.3. The third kappa shape index (κ3) is 6.77. The number of rotatable bonds is 9. The van der Waals surface area contributed by atoms with Crippen LogP contribution in [0.3, 0.4) is 0 Å². The summed E-state index contributed by atoms with van der Waals surface area (Å²) in [4.78, 5) is 2.05. The van der Waals surface area contributed by atoms with E-state index in [-0.39, 0.29) is 30.8 Å². The van der Waals surface area contributed by atoms with Crippen molar-refractivity contribution in [3.05, 3.63) is 65.7 Å². The van der Waals surface area contributed by atoms with Gasteiger partial charge in [-0.3, -0.25) is 4.55 Å². The molecular formula is C23H33N3O5S2. The molecule has 1 atom stereocenters. The normalized spacial score (nSPS) is 17.0. The van der Waals surface area contributed by atoms with Crippen LogP contribution < -0.4 is 4.90 Å². The standard InChI is InChI=1S/C23H33N3O5S2/c1-19(2)17-26(32(27,28)18-21-7-5-4-6-8-21)20(3)22-9-11-23(12-10-22)24-13-15-25(16-14-24)33(29,30)31/h4-12,19-20H,13-18H2,1-3H3,(H,29,30,31)/t20-/m0/s1. The lowest BCUT2D eigenvalue weighted by Crippen LogP contribution is -2.48. The predicted octanol–water partition coefficient (Wildman–Crippen LogP) is 3.16. The molecule has 2 aromatic rings. The van der Waals surface area contributed by atoms with Gasteiger partial charge in [0.05, 0.1) is 5.75 Å². The Morgan fingerprint density at radius 2 is 1.45 bits per heavy atom. The second-order valence-corrected chi connectivity index (χ2v) is 12.2. The van der Waals surface area contributed by atoms with Gasteiger partial charge in [-0.2, -0.15) is 17.0 Å². The zero-order valence-corrected chi connectivity index (χ0v) is 21.0. The van der Waals surface area contributed by atoms with Gasteiger partial charge in [-0.05, 0) is 36.1 Å². The third-order valence-corrected chi connectivity index (χ3v) is 8.73. The van der Waals surface area contributed by atoms with Gasteiger partial charge >= 0.3 is 10.3 Å². The third-order valence-electron chi connectivity index (χ3n) is 5.83. The summed E-state index contributed by atoms with van der Waals surface area (Å²) < 4.78 is 61.1. The molecule has 1 saturated heterocycles. The summed E-state index contributed by atoms with van der Waals surface area (Å²) in [6.45, 7) is 7.73. The summed E-state index contributed by atoms with van der Waals surface area (Å²) in [7, 11) is -7.69. The van der Waals surface area contributed by atoms with Gasteiger partial charge in [-0.25, -0.2) is 8.42 Å². The number of anilines is 1. The second kappa shape index (κ2) is 10.5. The lowest BCUT2D eigenvalue weighted by molar-refractivity contribution is 0.308. The van der Waals surface area contributed by atoms with E-state index in [9.17, 15) is 21.4 Å². The molecule has 182 valence electrons. The molecule has 3 rings (SSSR count). The minimum atomic E-state index is -4.16. The molecule has 0 saturated carbocycles. The van der Waals surface area contributed by atoms with E-state index in [4.69, 9.17) is 0 Å². The molecule has 0 bridgehead atoms. The fourth-order valence-electron chi connectivity index (χ4n) is 4.05. The monoisotopic (exact) mass is 495 g/mol. The summed E-state index contributed by atoms with van der Waals surface area (Å²) in [5.74, 6) is 0.137. The Kier molecular flexibility index (Phi) is 8.17. The first-order valence-corrected chi connectivity index (χ1v) is 14.1. The molecule has 1 fully saturated rings. The van der Waals surface area contributed by atoms with E-state index in [1.165, 1.54) is 0 Å². The van der Waals surface area contributed by atoms with Crippen molar-refractivity contribution in [1.29, 1.82) is 0 Å². The van der Waals surface area contributed by atoms with E-state index in [2.05, 4.69) is 0 Å². The number of hydrogen-bond donors (Lipinski definition) is 1. The molecule has 0 amide bonds. The van der Waals surface area contributed by atoms with Crippen LogP contribution in [-0.2, 0) is 26.1 Å². The Bertz CT molecular complexity index is 1110. The van der Waals surface area contributed by atoms with Gasteiger partial charge in [0.2, 0.25) is 10.0 Å². The first-order chi connectivity index (χ1) is 15.5. The summed E-state index contributed by atoms with van der Waals surface area (Å²) >= 11 is 0. The van der Waals surface area contributed by atoms with Gasteiger partial charge < -0.3 is 4.90 Å². The Hall–Kier alpha value is -1.98. The van der Waals surface area contributed by atoms with E-state index in [1.807, 2.05) is 80.3 Å². The fraction of sp³-hybridized carbons (Fsp3) is 0.478. The molecule has 1 aliphatic heterocycles. The largest absolute Gasteiger partial charge is 0.369 e. The highest BCUT2D eigenvalue weighted by atomic mass is 32.2. The maximum Gasteiger partial charge on any atom is 0.336 e. The Morgan fingerprint density at radius 1 is 0.879 bits per heavy atom. The summed E-state index contributed by atoms with van der Waals surface area (Å²) in [6, 6.07) is 16.6. The van der Waals surface area contributed by atoms with Crippen LogP contribution in [-0.4, -0.2) is 62.7 Å². The quantitative estimate of drug-likeness (QED) is 0.537. The number of sulfonamides is 1. The van der Waals surface area contributed by atoms with Crippen molar-refractivity contribution in [3.63, 3.8) is 0 Å². The predicted molar refractivity (Wildman–Crippen MR) is 131 cm³/mol. The first kappa shape index (κ1) is 25.6. The van der Waals surface area contributed by atoms with E-state index < -0.39 is 20.3 Å². The van der Waals surface area contributed by atoms with Crippen molar-refractivity contribution >= 4 is 26.0 Å². The molecule has 33 heavy (non-hydrogen) atoms. The van der Waals surface area contributed by atoms with Gasteiger partial charge in [-0.1, -0.05) is 56.3 Å². The molecule has 0 unspecified atom stereocenters. The highest BCUT2D eigenvalue weighted by molar-refractivity contribution is 7.88. The van der Waals surface area contributed by atoms with Crippen LogP contribution in [0.25, 0.3) is 0 Å². The smallest absolute Gasteiger partial charge is 0.336 e. The van der Waals surface area contributed by atoms with Crippen molar-refractivity contribution in [2.24, 2.45) is 5.92 Å². The van der Waals surface area contributed by atoms with Crippen LogP contribution in [0.2, 0.25) is 0 Å². The highest BCUT2D eigenvalue weighted by Crippen LogP contribution is 2.28. The van der Waals surface area contributed by atoms with Crippen LogP contribution in [0.1, 0.15) is 37.9 Å². The average molecular weight is 496 g/mol. The molecule has 0 aliphatic carbocycles. The Morgan fingerprint density at radius 3 is 1.97 bits per heavy atom. The maximum absolute atomic E-state index is 13.3. The Labute approximate surface area is 197 Å². The van der Waals surface area contributed by atoms with Crippen molar-refractivity contribution < 1.29 is 21.4 Å². The number of hydrogen-bond acceptors (Lipinski definition) is 5. The van der Waals surface area contributed by atoms with Gasteiger partial charge in [0.15, 0.2) is 0 Å². The molecule has 0 aromatic heterocycles. The van der Waals surface area contributed by atoms with Crippen LogP contribution in [0.5, 0.6) is 0 Å². The Balaban J connectivity index is 1.75. The van der Waals surface area contributed by atoms with Crippen molar-refractivity contribution in [1.82, 2.24) is 8.61 Å². The zero-order valence-electron chi connectivity index (χ0n) is 19.3. The highest BCUT2D eigenvalue weighted by Gasteiger charge is 2.30. The zero-order chi connectivity index (χ0) is 24.2. The molecule has 10 heteroatoms. The minimum absolute atomic E-state index is 0.0406. The fourth-order valence-corrected chi connectivity index (χ4v) is 6.58. The van der Waals surface area contributed by atoms with Crippen LogP contribution >= 0.6 is 0 Å². The first-order valence-electron chi connectivity index (χ1n) is 11.1. The van der Waals surface area contributed by atoms with E-state index in [0.717, 1.165) is 21.1 Å². The number of nitrogens with zero attached hydrogens (tertiary/aromatic N) is 3. The molecule has 1 aliphatic rings. The lowest BCUT2D eigenvalue weighted by atomic mass is 10.1. The molecule has 0 spiro atoms. The molecule has 1 heterocycles. The van der Waals surface area contributed by atoms with E-state index in [0.29, 0.717) is 19.6 Å². The summed E-state index contributed by atoms with van der Waals surface area (Å²) in [5, 5.41) is 0. The van der Waals surface area contributed by atoms with Gasteiger partial charge in [0, 0.05) is 44.5 Å². The lowest BCUT2D eigenvalue weighted by Gasteiger charge is -2.34. The van der Waals surface area contributed by atoms with E-state index in [1.54, 1.807) is 4.31 Å². The van der Waals surface area contributed by atoms with Crippen LogP contribution in [0.4, 0.5) is 5.69 Å². The van der Waals surface area contributed by atoms with Gasteiger partial charge in [-0.15, -0.1) is 0 Å². The SMILES string of the molecule is CC(C)CN([C@@H](C)c1ccc(N2CCN(S(=O)(=O)O)CC2)cc1)S(=O)(=O)Cc1ccccc1. The summed E-state index contributed by atoms with van der Waals surface area (Å²) in [5.41, 5.74) is 2.59. The van der Waals surface area contributed by atoms with Crippen LogP contribution in [0.15, 0.2) is 54.6 Å². The second-order valence-electron chi connectivity index (χ2n) is 8.84. The van der Waals surface area contributed by atoms with Crippen molar-refractivity contribution in [2.45, 2.75) is 32.6 Å². The van der Waals surface area contributed by atoms with Gasteiger partial charge in [0.1, 0.15) is 0 Å².